The van der Waals surface area contributed by atoms with Crippen molar-refractivity contribution in [2.75, 3.05) is 0 Å². The van der Waals surface area contributed by atoms with Gasteiger partial charge in [0.2, 0.25) is 0 Å². The fraction of sp³-hybridized carbons (Fsp3) is 0.231. The van der Waals surface area contributed by atoms with Gasteiger partial charge >= 0.3 is 0 Å². The van der Waals surface area contributed by atoms with E-state index in [0.717, 1.165) is 5.56 Å². The highest BCUT2D eigenvalue weighted by Crippen LogP contribution is 2.04. The molecule has 0 saturated carbocycles. The van der Waals surface area contributed by atoms with Gasteiger partial charge in [-0.1, -0.05) is 5.21 Å². The van der Waals surface area contributed by atoms with E-state index in [2.05, 4.69) is 15.3 Å². The Bertz CT molecular complexity index is 819. The molecule has 3 heterocycles. The van der Waals surface area contributed by atoms with E-state index in [4.69, 9.17) is 5.73 Å². The predicted octanol–water partition coefficient (Wildman–Crippen LogP) is 0.101. The first kappa shape index (κ1) is 12.5. The molecule has 3 aromatic rings. The summed E-state index contributed by atoms with van der Waals surface area (Å²) in [6, 6.07) is 5.25. The molecule has 102 valence electrons. The van der Waals surface area contributed by atoms with Crippen LogP contribution in [0.15, 0.2) is 35.4 Å². The van der Waals surface area contributed by atoms with Crippen LogP contribution < -0.4 is 11.3 Å². The number of aromatic nitrogens is 5. The van der Waals surface area contributed by atoms with Gasteiger partial charge in [-0.2, -0.15) is 0 Å². The van der Waals surface area contributed by atoms with Crippen LogP contribution in [0.4, 0.5) is 0 Å². The van der Waals surface area contributed by atoms with Crippen LogP contribution in [0.3, 0.4) is 0 Å². The molecule has 3 aromatic heterocycles. The summed E-state index contributed by atoms with van der Waals surface area (Å²) in [5, 5.41) is 7.85. The lowest BCUT2D eigenvalue weighted by molar-refractivity contribution is 0.637. The summed E-state index contributed by atoms with van der Waals surface area (Å²) in [7, 11) is 0. The first-order chi connectivity index (χ1) is 9.65. The highest BCUT2D eigenvalue weighted by atomic mass is 16.1. The Morgan fingerprint density at radius 1 is 1.30 bits per heavy atom. The Morgan fingerprint density at radius 2 is 2.15 bits per heavy atom. The maximum Gasteiger partial charge on any atom is 0.258 e. The number of hydrogen-bond acceptors (Lipinski definition) is 5. The van der Waals surface area contributed by atoms with Crippen LogP contribution in [0.1, 0.15) is 17.0 Å². The van der Waals surface area contributed by atoms with Crippen molar-refractivity contribution in [1.82, 2.24) is 24.4 Å². The van der Waals surface area contributed by atoms with Gasteiger partial charge in [-0.25, -0.2) is 9.67 Å². The van der Waals surface area contributed by atoms with Crippen molar-refractivity contribution in [2.24, 2.45) is 5.73 Å². The quantitative estimate of drug-likeness (QED) is 0.729. The molecule has 0 aliphatic carbocycles. The van der Waals surface area contributed by atoms with Gasteiger partial charge in [-0.15, -0.1) is 5.10 Å². The van der Waals surface area contributed by atoms with Gasteiger partial charge in [-0.3, -0.25) is 9.20 Å². The molecule has 2 N–H and O–H groups in total. The van der Waals surface area contributed by atoms with Crippen molar-refractivity contribution in [3.05, 3.63) is 57.9 Å². The van der Waals surface area contributed by atoms with E-state index in [1.54, 1.807) is 17.1 Å². The molecule has 0 saturated heterocycles. The molecule has 0 radical (unpaired) electrons. The molecule has 0 bridgehead atoms. The third-order valence-corrected chi connectivity index (χ3v) is 2.99. The number of fused-ring (bicyclic) bond motifs is 1. The number of nitrogens with zero attached hydrogens (tertiary/aromatic N) is 5. The van der Waals surface area contributed by atoms with Gasteiger partial charge in [-0.05, 0) is 24.6 Å². The molecular formula is C13H14N6O. The monoisotopic (exact) mass is 270 g/mol. The standard InChI is InChI=1S/C13H14N6O/c1-9-2-3-19-12(4-9)15-10(5-13(19)20)7-18-8-11(6-14)16-17-18/h2-5,8H,6-7,14H2,1H3. The molecule has 0 fully saturated rings. The third kappa shape index (κ3) is 2.30. The lowest BCUT2D eigenvalue weighted by atomic mass is 10.3. The lowest BCUT2D eigenvalue weighted by Crippen LogP contribution is -2.17. The Hall–Kier alpha value is -2.54. The van der Waals surface area contributed by atoms with Crippen molar-refractivity contribution < 1.29 is 0 Å². The molecule has 0 amide bonds. The van der Waals surface area contributed by atoms with E-state index in [0.29, 0.717) is 30.1 Å². The molecule has 7 nitrogen and oxygen atoms in total. The topological polar surface area (TPSA) is 91.1 Å². The average Bonchev–Trinajstić information content (AvgIpc) is 2.85. The molecule has 0 aromatic carbocycles. The Morgan fingerprint density at radius 3 is 2.90 bits per heavy atom. The SMILES string of the molecule is Cc1ccn2c(=O)cc(Cn3cc(CN)nn3)nc2c1. The van der Waals surface area contributed by atoms with Crippen LogP contribution in [0, 0.1) is 6.92 Å². The number of rotatable bonds is 3. The first-order valence-electron chi connectivity index (χ1n) is 6.24. The van der Waals surface area contributed by atoms with E-state index in [9.17, 15) is 4.79 Å². The predicted molar refractivity (Wildman–Crippen MR) is 73.2 cm³/mol. The van der Waals surface area contributed by atoms with E-state index in [1.165, 1.54) is 10.5 Å². The van der Waals surface area contributed by atoms with Gasteiger partial charge in [0.25, 0.3) is 5.56 Å². The molecule has 0 unspecified atom stereocenters. The molecule has 3 rings (SSSR count). The summed E-state index contributed by atoms with van der Waals surface area (Å²) in [6.45, 7) is 2.70. The van der Waals surface area contributed by atoms with Crippen LogP contribution in [-0.4, -0.2) is 24.4 Å². The minimum absolute atomic E-state index is 0.107. The van der Waals surface area contributed by atoms with Crippen molar-refractivity contribution in [3.63, 3.8) is 0 Å². The number of nitrogens with two attached hydrogens (primary N) is 1. The van der Waals surface area contributed by atoms with Crippen molar-refractivity contribution in [1.29, 1.82) is 0 Å². The summed E-state index contributed by atoms with van der Waals surface area (Å²) < 4.78 is 3.14. The van der Waals surface area contributed by atoms with E-state index >= 15 is 0 Å². The molecule has 7 heteroatoms. The first-order valence-corrected chi connectivity index (χ1v) is 6.24. The minimum Gasteiger partial charge on any atom is -0.325 e. The normalized spacial score (nSPS) is 11.1. The third-order valence-electron chi connectivity index (χ3n) is 2.99. The zero-order valence-corrected chi connectivity index (χ0v) is 11.0. The molecule has 0 aliphatic rings. The zero-order chi connectivity index (χ0) is 14.1. The van der Waals surface area contributed by atoms with Crippen LogP contribution in [0.25, 0.3) is 5.65 Å². The number of aryl methyl sites for hydroxylation is 1. The molecule has 0 spiro atoms. The van der Waals surface area contributed by atoms with E-state index in [1.807, 2.05) is 19.1 Å². The second kappa shape index (κ2) is 4.86. The average molecular weight is 270 g/mol. The van der Waals surface area contributed by atoms with Crippen molar-refractivity contribution in [3.8, 4) is 0 Å². The smallest absolute Gasteiger partial charge is 0.258 e. The van der Waals surface area contributed by atoms with Crippen LogP contribution in [0.5, 0.6) is 0 Å². The van der Waals surface area contributed by atoms with Crippen molar-refractivity contribution >= 4 is 5.65 Å². The van der Waals surface area contributed by atoms with Gasteiger partial charge in [0.15, 0.2) is 0 Å². The number of pyridine rings is 1. The van der Waals surface area contributed by atoms with Crippen LogP contribution in [0.2, 0.25) is 0 Å². The molecule has 20 heavy (non-hydrogen) atoms. The fourth-order valence-electron chi connectivity index (χ4n) is 2.01. The summed E-state index contributed by atoms with van der Waals surface area (Å²) in [5.74, 6) is 0. The molecule has 0 atom stereocenters. The van der Waals surface area contributed by atoms with Gasteiger partial charge in [0, 0.05) is 18.8 Å². The number of hydrogen-bond donors (Lipinski definition) is 1. The Balaban J connectivity index is 2.01. The van der Waals surface area contributed by atoms with Crippen LogP contribution >= 0.6 is 0 Å². The minimum atomic E-state index is -0.107. The molecule has 0 aliphatic heterocycles. The van der Waals surface area contributed by atoms with Gasteiger partial charge in [0.1, 0.15) is 5.65 Å². The second-order valence-electron chi connectivity index (χ2n) is 4.63. The van der Waals surface area contributed by atoms with Gasteiger partial charge in [0.05, 0.1) is 24.1 Å². The fourth-order valence-corrected chi connectivity index (χ4v) is 2.01. The maximum absolute atomic E-state index is 12.0. The summed E-state index contributed by atoms with van der Waals surface area (Å²) in [5.41, 5.74) is 8.42. The molecular weight excluding hydrogens is 256 g/mol. The van der Waals surface area contributed by atoms with E-state index < -0.39 is 0 Å². The summed E-state index contributed by atoms with van der Waals surface area (Å²) in [6.07, 6.45) is 3.48. The van der Waals surface area contributed by atoms with E-state index in [-0.39, 0.29) is 5.56 Å². The highest BCUT2D eigenvalue weighted by Gasteiger charge is 2.05. The second-order valence-corrected chi connectivity index (χ2v) is 4.63. The van der Waals surface area contributed by atoms with Crippen molar-refractivity contribution in [2.45, 2.75) is 20.0 Å². The van der Waals surface area contributed by atoms with Crippen LogP contribution in [-0.2, 0) is 13.1 Å². The Labute approximate surface area is 114 Å². The maximum atomic E-state index is 12.0. The lowest BCUT2D eigenvalue weighted by Gasteiger charge is -2.04. The highest BCUT2D eigenvalue weighted by molar-refractivity contribution is 5.41. The zero-order valence-electron chi connectivity index (χ0n) is 11.0. The Kier molecular flexibility index (Phi) is 3.03. The largest absolute Gasteiger partial charge is 0.325 e. The summed E-state index contributed by atoms with van der Waals surface area (Å²) in [4.78, 5) is 16.5. The van der Waals surface area contributed by atoms with Gasteiger partial charge < -0.3 is 5.73 Å². The summed E-state index contributed by atoms with van der Waals surface area (Å²) >= 11 is 0.